The van der Waals surface area contributed by atoms with Crippen LogP contribution in [0.25, 0.3) is 0 Å². The molecule has 6 unspecified atom stereocenters. The molecule has 0 aromatic carbocycles. The van der Waals surface area contributed by atoms with Crippen LogP contribution in [-0.4, -0.2) is 89.6 Å². The minimum absolute atomic E-state index is 0.116. The number of hydrogen-bond acceptors (Lipinski definition) is 9. The van der Waals surface area contributed by atoms with Crippen molar-refractivity contribution in [1.82, 2.24) is 0 Å². The van der Waals surface area contributed by atoms with Crippen LogP contribution >= 0.6 is 0 Å². The lowest BCUT2D eigenvalue weighted by atomic mass is 9.99. The van der Waals surface area contributed by atoms with Gasteiger partial charge in [0, 0.05) is 13.0 Å². The van der Waals surface area contributed by atoms with Gasteiger partial charge in [0.2, 0.25) is 0 Å². The highest BCUT2D eigenvalue weighted by Gasteiger charge is 2.44. The molecule has 0 saturated carbocycles. The Hall–Kier alpha value is -1.59. The van der Waals surface area contributed by atoms with E-state index in [-0.39, 0.29) is 19.2 Å². The van der Waals surface area contributed by atoms with E-state index in [9.17, 15) is 25.2 Å². The van der Waals surface area contributed by atoms with E-state index < -0.39 is 43.4 Å². The van der Waals surface area contributed by atoms with Gasteiger partial charge in [-0.25, -0.2) is 0 Å². The molecule has 0 spiro atoms. The van der Waals surface area contributed by atoms with Crippen LogP contribution in [0.5, 0.6) is 0 Å². The zero-order valence-corrected chi connectivity index (χ0v) is 33.1. The number of allylic oxidation sites excluding steroid dienone is 6. The highest BCUT2D eigenvalue weighted by Crippen LogP contribution is 2.22. The largest absolute Gasteiger partial charge is 0.457 e. The van der Waals surface area contributed by atoms with Crippen LogP contribution in [0, 0.1) is 0 Å². The average molecular weight is 739 g/mol. The second-order valence-corrected chi connectivity index (χ2v) is 14.4. The van der Waals surface area contributed by atoms with Crippen LogP contribution in [0.1, 0.15) is 168 Å². The number of aliphatic hydroxyl groups is 4. The van der Waals surface area contributed by atoms with Gasteiger partial charge in [-0.3, -0.25) is 4.79 Å². The van der Waals surface area contributed by atoms with Crippen LogP contribution in [-0.2, 0) is 23.7 Å². The highest BCUT2D eigenvalue weighted by atomic mass is 16.7. The lowest BCUT2D eigenvalue weighted by Crippen LogP contribution is -2.59. The van der Waals surface area contributed by atoms with Crippen molar-refractivity contribution in [2.45, 2.75) is 205 Å². The van der Waals surface area contributed by atoms with Crippen molar-refractivity contribution in [3.63, 3.8) is 0 Å². The maximum absolute atomic E-state index is 12.5. The number of carbonyl (C=O) groups is 1. The topological polar surface area (TPSA) is 135 Å². The van der Waals surface area contributed by atoms with E-state index in [1.165, 1.54) is 89.9 Å². The zero-order chi connectivity index (χ0) is 37.9. The van der Waals surface area contributed by atoms with Gasteiger partial charge in [-0.15, -0.1) is 0 Å². The zero-order valence-electron chi connectivity index (χ0n) is 33.1. The molecule has 6 atom stereocenters. The molecule has 1 aliphatic rings. The molecule has 1 rings (SSSR count). The van der Waals surface area contributed by atoms with Crippen LogP contribution < -0.4 is 0 Å². The van der Waals surface area contributed by atoms with Crippen LogP contribution in [0.15, 0.2) is 36.5 Å². The summed E-state index contributed by atoms with van der Waals surface area (Å²) in [6.07, 6.45) is 33.6. The molecule has 9 heteroatoms. The van der Waals surface area contributed by atoms with E-state index in [2.05, 4.69) is 50.3 Å². The molecule has 0 aliphatic carbocycles. The maximum Gasteiger partial charge on any atom is 0.306 e. The van der Waals surface area contributed by atoms with Crippen molar-refractivity contribution in [2.24, 2.45) is 0 Å². The summed E-state index contributed by atoms with van der Waals surface area (Å²) < 4.78 is 22.6. The summed E-state index contributed by atoms with van der Waals surface area (Å²) in [5.74, 6) is -0.329. The van der Waals surface area contributed by atoms with Crippen molar-refractivity contribution >= 4 is 5.97 Å². The molecule has 4 N–H and O–H groups in total. The molecular formula is C43H78O9. The van der Waals surface area contributed by atoms with E-state index in [0.717, 1.165) is 57.8 Å². The third-order valence-electron chi connectivity index (χ3n) is 9.56. The SMILES string of the molecule is CCCCCCC/C=C\C/C=C\C/C=C\CCCCCCCCCCCOCC(COC1OC(CO)C(O)C(O)C1O)OC(=O)CCCCCCC. The monoisotopic (exact) mass is 739 g/mol. The molecular weight excluding hydrogens is 660 g/mol. The summed E-state index contributed by atoms with van der Waals surface area (Å²) in [6.45, 7) is 4.44. The molecule has 0 aromatic rings. The molecule has 1 heterocycles. The smallest absolute Gasteiger partial charge is 0.306 e. The van der Waals surface area contributed by atoms with Crippen molar-refractivity contribution in [3.8, 4) is 0 Å². The van der Waals surface area contributed by atoms with Gasteiger partial charge in [-0.05, 0) is 51.4 Å². The first kappa shape index (κ1) is 48.4. The standard InChI is InChI=1S/C43H78O9/c1-3-5-7-9-10-11-12-13-14-15-16-17-18-19-20-21-22-23-24-25-26-27-29-31-33-49-35-37(51-39(45)32-30-28-8-6-4-2)36-50-43-42(48)41(47)40(46)38(34-44)52-43/h12-13,15-16,18-19,37-38,40-44,46-48H,3-11,14,17,20-36H2,1-2H3/b13-12-,16-15-,19-18-. The number of carbonyl (C=O) groups excluding carboxylic acids is 1. The van der Waals surface area contributed by atoms with E-state index in [1.807, 2.05) is 0 Å². The second-order valence-electron chi connectivity index (χ2n) is 14.4. The van der Waals surface area contributed by atoms with Gasteiger partial charge in [-0.2, -0.15) is 0 Å². The molecule has 0 amide bonds. The molecule has 1 saturated heterocycles. The highest BCUT2D eigenvalue weighted by molar-refractivity contribution is 5.69. The summed E-state index contributed by atoms with van der Waals surface area (Å²) in [5, 5.41) is 39.8. The third-order valence-corrected chi connectivity index (χ3v) is 9.56. The van der Waals surface area contributed by atoms with Crippen molar-refractivity contribution in [2.75, 3.05) is 26.4 Å². The van der Waals surface area contributed by atoms with E-state index in [1.54, 1.807) is 0 Å². The number of hydrogen-bond donors (Lipinski definition) is 4. The van der Waals surface area contributed by atoms with Crippen LogP contribution in [0.3, 0.4) is 0 Å². The Kier molecular flexibility index (Phi) is 32.7. The van der Waals surface area contributed by atoms with E-state index in [0.29, 0.717) is 13.0 Å². The average Bonchev–Trinajstić information content (AvgIpc) is 3.14. The quantitative estimate of drug-likeness (QED) is 0.0286. The summed E-state index contributed by atoms with van der Waals surface area (Å²) in [6, 6.07) is 0. The fraction of sp³-hybridized carbons (Fsp3) is 0.837. The second kappa shape index (κ2) is 35.1. The Morgan fingerprint density at radius 3 is 1.67 bits per heavy atom. The lowest BCUT2D eigenvalue weighted by molar-refractivity contribution is -0.305. The minimum Gasteiger partial charge on any atom is -0.457 e. The van der Waals surface area contributed by atoms with Gasteiger partial charge in [-0.1, -0.05) is 147 Å². The Bertz CT molecular complexity index is 890. The molecule has 304 valence electrons. The van der Waals surface area contributed by atoms with E-state index >= 15 is 0 Å². The normalized spacial score (nSPS) is 21.5. The number of aliphatic hydroxyl groups excluding tert-OH is 4. The van der Waals surface area contributed by atoms with Gasteiger partial charge >= 0.3 is 5.97 Å². The van der Waals surface area contributed by atoms with Gasteiger partial charge < -0.3 is 39.4 Å². The summed E-state index contributed by atoms with van der Waals surface area (Å²) in [5.41, 5.74) is 0. The Morgan fingerprint density at radius 1 is 0.615 bits per heavy atom. The predicted molar refractivity (Wildman–Crippen MR) is 210 cm³/mol. The molecule has 9 nitrogen and oxygen atoms in total. The van der Waals surface area contributed by atoms with Crippen LogP contribution in [0.2, 0.25) is 0 Å². The van der Waals surface area contributed by atoms with E-state index in [4.69, 9.17) is 18.9 Å². The third kappa shape index (κ3) is 26.2. The van der Waals surface area contributed by atoms with Gasteiger partial charge in [0.25, 0.3) is 0 Å². The first-order valence-corrected chi connectivity index (χ1v) is 21.1. The molecule has 0 bridgehead atoms. The van der Waals surface area contributed by atoms with Crippen molar-refractivity contribution < 1.29 is 44.2 Å². The van der Waals surface area contributed by atoms with Crippen molar-refractivity contribution in [1.29, 1.82) is 0 Å². The number of unbranched alkanes of at least 4 members (excludes halogenated alkanes) is 18. The van der Waals surface area contributed by atoms with Gasteiger partial charge in [0.15, 0.2) is 6.29 Å². The Balaban J connectivity index is 2.13. The van der Waals surface area contributed by atoms with Crippen molar-refractivity contribution in [3.05, 3.63) is 36.5 Å². The predicted octanol–water partition coefficient (Wildman–Crippen LogP) is 8.80. The Morgan fingerprint density at radius 2 is 1.12 bits per heavy atom. The van der Waals surface area contributed by atoms with Gasteiger partial charge in [0.1, 0.15) is 30.5 Å². The first-order valence-electron chi connectivity index (χ1n) is 21.1. The fourth-order valence-electron chi connectivity index (χ4n) is 6.20. The summed E-state index contributed by atoms with van der Waals surface area (Å²) in [4.78, 5) is 12.5. The molecule has 0 radical (unpaired) electrons. The maximum atomic E-state index is 12.5. The molecule has 0 aromatic heterocycles. The minimum atomic E-state index is -1.53. The number of ether oxygens (including phenoxy) is 4. The number of esters is 1. The van der Waals surface area contributed by atoms with Crippen LogP contribution in [0.4, 0.5) is 0 Å². The molecule has 1 fully saturated rings. The first-order chi connectivity index (χ1) is 25.4. The lowest BCUT2D eigenvalue weighted by Gasteiger charge is -2.39. The molecule has 1 aliphatic heterocycles. The number of rotatable bonds is 35. The fourth-order valence-corrected chi connectivity index (χ4v) is 6.20. The summed E-state index contributed by atoms with van der Waals surface area (Å²) in [7, 11) is 0. The van der Waals surface area contributed by atoms with Gasteiger partial charge in [0.05, 0.1) is 19.8 Å². The summed E-state index contributed by atoms with van der Waals surface area (Å²) >= 11 is 0. The molecule has 52 heavy (non-hydrogen) atoms. The Labute approximate surface area is 317 Å².